The highest BCUT2D eigenvalue weighted by atomic mass is 16.5. The van der Waals surface area contributed by atoms with Crippen LogP contribution >= 0.6 is 0 Å². The lowest BCUT2D eigenvalue weighted by molar-refractivity contribution is 0.734. The molecule has 2 N–H and O–H groups in total. The van der Waals surface area contributed by atoms with Crippen molar-refractivity contribution in [1.82, 2.24) is 11.0 Å². The third-order valence-electron chi connectivity index (χ3n) is 0.102. The fourth-order valence-corrected chi connectivity index (χ4v) is 0. The number of hydrogen-bond acceptors (Lipinski definition) is 3. The summed E-state index contributed by atoms with van der Waals surface area (Å²) in [6.07, 6.45) is 0. The molecule has 0 unspecified atom stereocenters. The van der Waals surface area contributed by atoms with Gasteiger partial charge in [0, 0.05) is 0 Å². The molecule has 4 heavy (non-hydrogen) atoms. The first-order chi connectivity index (χ1) is 1.91. The van der Waals surface area contributed by atoms with Gasteiger partial charge in [0.1, 0.15) is 0 Å². The number of rotatable bonds is 1. The van der Waals surface area contributed by atoms with Gasteiger partial charge in [0.05, 0.1) is 0 Å². The molecule has 0 bridgehead atoms. The molecule has 0 rings (SSSR count). The highest BCUT2D eigenvalue weighted by molar-refractivity contribution is 4.18. The summed E-state index contributed by atoms with van der Waals surface area (Å²) in [5, 5.41) is 8.94. The van der Waals surface area contributed by atoms with Gasteiger partial charge in [-0.05, 0) is 7.05 Å². The van der Waals surface area contributed by atoms with Gasteiger partial charge in [-0.3, -0.25) is 5.43 Å². The molecule has 0 heterocycles. The van der Waals surface area contributed by atoms with E-state index in [1.165, 1.54) is 12.6 Å². The van der Waals surface area contributed by atoms with Crippen LogP contribution in [0.2, 0.25) is 0 Å². The quantitative estimate of drug-likeness (QED) is 0.390. The molecule has 0 aliphatic carbocycles. The van der Waals surface area contributed by atoms with E-state index in [0.717, 1.165) is 0 Å². The zero-order valence-electron chi connectivity index (χ0n) is 2.41. The third-order valence-corrected chi connectivity index (χ3v) is 0.102. The lowest BCUT2D eigenvalue weighted by atomic mass is 11.5. The van der Waals surface area contributed by atoms with E-state index in [0.29, 0.717) is 0 Å². The Balaban J connectivity index is 1.97. The van der Waals surface area contributed by atoms with E-state index in [9.17, 15) is 0 Å². The predicted octanol–water partition coefficient (Wildman–Crippen LogP) is -0.792. The van der Waals surface area contributed by atoms with Crippen LogP contribution in [0.4, 0.5) is 0 Å². The van der Waals surface area contributed by atoms with Crippen molar-refractivity contribution in [3.63, 3.8) is 0 Å². The molecule has 26 valence electrons. The summed E-state index contributed by atoms with van der Waals surface area (Å²) in [5.74, 6) is 0. The zero-order chi connectivity index (χ0) is 3.41. The molecule has 0 spiro atoms. The van der Waals surface area contributed by atoms with E-state index in [2.05, 4.69) is 5.43 Å². The van der Waals surface area contributed by atoms with E-state index in [4.69, 9.17) is 5.21 Å². The van der Waals surface area contributed by atoms with Crippen LogP contribution in [0, 0.1) is 5.21 Å². The van der Waals surface area contributed by atoms with Crippen LogP contribution in [0.1, 0.15) is 0 Å². The number of hydrazine groups is 1. The van der Waals surface area contributed by atoms with Crippen LogP contribution in [0.5, 0.6) is 0 Å². The number of nitrogens with one attached hydrogen (secondary N) is 2. The van der Waals surface area contributed by atoms with Gasteiger partial charge < -0.3 is 10.8 Å². The molecule has 0 aromatic carbocycles. The van der Waals surface area contributed by atoms with Crippen LogP contribution in [-0.4, -0.2) is 7.05 Å². The maximum Gasteiger partial charge on any atom is -0.00247 e. The summed E-state index contributed by atoms with van der Waals surface area (Å²) in [6.45, 7) is 0. The van der Waals surface area contributed by atoms with Gasteiger partial charge in [0.15, 0.2) is 0 Å². The van der Waals surface area contributed by atoms with Crippen molar-refractivity contribution in [1.29, 1.82) is 0 Å². The highest BCUT2D eigenvalue weighted by Gasteiger charge is 1.33. The molecule has 0 aliphatic rings. The summed E-state index contributed by atoms with van der Waals surface area (Å²) >= 11 is 0. The Hall–Kier alpha value is -0.120. The van der Waals surface area contributed by atoms with Crippen molar-refractivity contribution in [2.24, 2.45) is 0 Å². The number of hydrogen-bond donors (Lipinski definition) is 2. The minimum absolute atomic E-state index is 1.43. The van der Waals surface area contributed by atoms with Crippen molar-refractivity contribution in [3.05, 3.63) is 5.21 Å². The summed E-state index contributed by atoms with van der Waals surface area (Å²) < 4.78 is 0. The average molecular weight is 61.1 g/mol. The second-order valence-electron chi connectivity index (χ2n) is 0.352. The fourth-order valence-electron chi connectivity index (χ4n) is 0. The van der Waals surface area contributed by atoms with E-state index in [1.807, 2.05) is 0 Å². The molecule has 0 aromatic heterocycles. The molecule has 0 aliphatic heterocycles. The maximum atomic E-state index is 8.94. The zero-order valence-corrected chi connectivity index (χ0v) is 2.41. The van der Waals surface area contributed by atoms with Gasteiger partial charge in [0.2, 0.25) is 0 Å². The van der Waals surface area contributed by atoms with Crippen LogP contribution < -0.4 is 11.0 Å². The first-order valence-corrected chi connectivity index (χ1v) is 0.954. The largest absolute Gasteiger partial charge is 0.774 e. The SMILES string of the molecule is CNN[O-]. The Kier molecular flexibility index (Phi) is 2.79. The Morgan fingerprint density at radius 1 is 1.75 bits per heavy atom. The first kappa shape index (κ1) is 3.88. The summed E-state index contributed by atoms with van der Waals surface area (Å²) in [7, 11) is 1.51. The standard InChI is InChI=1S/CH5N2O/c1-2-3-4/h2-3H,1H3/q-1. The fraction of sp³-hybridized carbons (Fsp3) is 1.00. The smallest absolute Gasteiger partial charge is 0.00247 e. The van der Waals surface area contributed by atoms with Crippen molar-refractivity contribution >= 4 is 0 Å². The summed E-state index contributed by atoms with van der Waals surface area (Å²) in [6, 6.07) is 0. The molecule has 0 radical (unpaired) electrons. The summed E-state index contributed by atoms with van der Waals surface area (Å²) in [5.41, 5.74) is 3.56. The molecule has 3 heteroatoms. The molecule has 0 saturated carbocycles. The molecule has 0 saturated heterocycles. The Bertz CT molecular complexity index is 8.00. The second kappa shape index (κ2) is 2.88. The van der Waals surface area contributed by atoms with E-state index in [-0.39, 0.29) is 0 Å². The van der Waals surface area contributed by atoms with Crippen molar-refractivity contribution in [2.45, 2.75) is 0 Å². The van der Waals surface area contributed by atoms with Crippen LogP contribution in [0.25, 0.3) is 0 Å². The van der Waals surface area contributed by atoms with E-state index in [1.54, 1.807) is 0 Å². The molecule has 0 amide bonds. The topological polar surface area (TPSA) is 47.1 Å². The molecular weight excluding hydrogens is 56.0 g/mol. The monoisotopic (exact) mass is 61.0 g/mol. The van der Waals surface area contributed by atoms with Gasteiger partial charge in [-0.15, -0.1) is 0 Å². The van der Waals surface area contributed by atoms with Crippen molar-refractivity contribution < 1.29 is 0 Å². The minimum atomic E-state index is 1.43. The lowest BCUT2D eigenvalue weighted by Gasteiger charge is -1.99. The molecule has 0 atom stereocenters. The molecular formula is CH5N2O-. The van der Waals surface area contributed by atoms with Crippen molar-refractivity contribution in [3.8, 4) is 0 Å². The van der Waals surface area contributed by atoms with Gasteiger partial charge in [-0.2, -0.15) is 0 Å². The summed E-state index contributed by atoms with van der Waals surface area (Å²) in [4.78, 5) is 0. The van der Waals surface area contributed by atoms with Gasteiger partial charge >= 0.3 is 0 Å². The van der Waals surface area contributed by atoms with Crippen LogP contribution in [0.3, 0.4) is 0 Å². The van der Waals surface area contributed by atoms with Gasteiger partial charge in [0.25, 0.3) is 0 Å². The lowest BCUT2D eigenvalue weighted by Crippen LogP contribution is -2.19. The average Bonchev–Trinajstić information content (AvgIpc) is 1.37. The molecule has 0 aromatic rings. The minimum Gasteiger partial charge on any atom is -0.774 e. The van der Waals surface area contributed by atoms with Crippen LogP contribution in [-0.2, 0) is 0 Å². The normalized spacial score (nSPS) is 7.50. The van der Waals surface area contributed by atoms with Gasteiger partial charge in [-0.1, -0.05) is 0 Å². The Morgan fingerprint density at radius 2 is 2.00 bits per heavy atom. The molecule has 0 fully saturated rings. The predicted molar refractivity (Wildman–Crippen MR) is 15.6 cm³/mol. The van der Waals surface area contributed by atoms with Crippen LogP contribution in [0.15, 0.2) is 0 Å². The Morgan fingerprint density at radius 3 is 2.00 bits per heavy atom. The third kappa shape index (κ3) is 1.88. The van der Waals surface area contributed by atoms with Crippen molar-refractivity contribution in [2.75, 3.05) is 7.05 Å². The maximum absolute atomic E-state index is 8.94. The van der Waals surface area contributed by atoms with Gasteiger partial charge in [-0.25, -0.2) is 0 Å². The van der Waals surface area contributed by atoms with E-state index >= 15 is 0 Å². The Labute approximate surface area is 24.6 Å². The first-order valence-electron chi connectivity index (χ1n) is 0.954. The second-order valence-corrected chi connectivity index (χ2v) is 0.352. The highest BCUT2D eigenvalue weighted by Crippen LogP contribution is 1.13. The molecule has 3 nitrogen and oxygen atoms in total. The van der Waals surface area contributed by atoms with E-state index < -0.39 is 0 Å².